The summed E-state index contributed by atoms with van der Waals surface area (Å²) in [6.45, 7) is 2.85. The van der Waals surface area contributed by atoms with Crippen LogP contribution < -0.4 is 15.0 Å². The van der Waals surface area contributed by atoms with Gasteiger partial charge in [-0.15, -0.1) is 13.2 Å². The minimum atomic E-state index is -4.86. The molecular weight excluding hydrogens is 501 g/mol. The zero-order valence-electron chi connectivity index (χ0n) is 18.5. The average Bonchev–Trinajstić information content (AvgIpc) is 3.30. The van der Waals surface area contributed by atoms with E-state index in [0.29, 0.717) is 35.9 Å². The van der Waals surface area contributed by atoms with E-state index in [2.05, 4.69) is 30.0 Å². The molecule has 1 aromatic carbocycles. The number of halogens is 4. The van der Waals surface area contributed by atoms with Crippen LogP contribution in [-0.2, 0) is 4.74 Å². The number of hydrogen-bond donors (Lipinski definition) is 1. The first kappa shape index (κ1) is 23.8. The number of rotatable bonds is 5. The Labute approximate surface area is 207 Å². The van der Waals surface area contributed by atoms with Crippen LogP contribution in [0.15, 0.2) is 54.9 Å². The van der Waals surface area contributed by atoms with E-state index in [9.17, 15) is 18.0 Å². The van der Waals surface area contributed by atoms with Crippen molar-refractivity contribution in [2.45, 2.75) is 6.36 Å². The molecular formula is C23H18ClF3N6O3. The fourth-order valence-electron chi connectivity index (χ4n) is 3.74. The summed E-state index contributed by atoms with van der Waals surface area (Å²) in [4.78, 5) is 23.5. The average molecular weight is 519 g/mol. The van der Waals surface area contributed by atoms with Crippen molar-refractivity contribution in [1.82, 2.24) is 19.6 Å². The van der Waals surface area contributed by atoms with Crippen LogP contribution in [0, 0.1) is 0 Å². The summed E-state index contributed by atoms with van der Waals surface area (Å²) in [5, 5.41) is 6.80. The normalized spacial score (nSPS) is 14.2. The fraction of sp³-hybridized carbons (Fsp3) is 0.217. The Morgan fingerprint density at radius 1 is 1.08 bits per heavy atom. The lowest BCUT2D eigenvalue weighted by atomic mass is 10.1. The van der Waals surface area contributed by atoms with Crippen molar-refractivity contribution in [3.05, 3.63) is 65.6 Å². The van der Waals surface area contributed by atoms with Crippen LogP contribution in [0.25, 0.3) is 16.9 Å². The van der Waals surface area contributed by atoms with Crippen LogP contribution in [-0.4, -0.2) is 58.2 Å². The highest BCUT2D eigenvalue weighted by Crippen LogP contribution is 2.33. The van der Waals surface area contributed by atoms with Crippen molar-refractivity contribution < 1.29 is 27.4 Å². The van der Waals surface area contributed by atoms with Crippen LogP contribution in [0.3, 0.4) is 0 Å². The predicted molar refractivity (Wildman–Crippen MR) is 125 cm³/mol. The third-order valence-corrected chi connectivity index (χ3v) is 5.70. The molecule has 3 aromatic heterocycles. The van der Waals surface area contributed by atoms with Gasteiger partial charge in [0.1, 0.15) is 11.6 Å². The molecule has 0 spiro atoms. The highest BCUT2D eigenvalue weighted by atomic mass is 35.5. The molecule has 1 amide bonds. The summed E-state index contributed by atoms with van der Waals surface area (Å²) in [5.74, 6) is -0.662. The van der Waals surface area contributed by atoms with Crippen molar-refractivity contribution in [1.29, 1.82) is 0 Å². The second-order valence-electron chi connectivity index (χ2n) is 7.78. The molecule has 1 fully saturated rings. The van der Waals surface area contributed by atoms with Gasteiger partial charge in [-0.2, -0.15) is 5.10 Å². The lowest BCUT2D eigenvalue weighted by molar-refractivity contribution is -0.274. The number of pyridine rings is 1. The number of amides is 1. The lowest BCUT2D eigenvalue weighted by Crippen LogP contribution is -2.36. The number of ether oxygens (including phenoxy) is 2. The van der Waals surface area contributed by atoms with Crippen molar-refractivity contribution in [3.63, 3.8) is 0 Å². The Bertz CT molecular complexity index is 1400. The summed E-state index contributed by atoms with van der Waals surface area (Å²) < 4.78 is 48.3. The Morgan fingerprint density at radius 3 is 2.58 bits per heavy atom. The zero-order chi connectivity index (χ0) is 25.3. The maximum absolute atomic E-state index is 12.8. The molecule has 0 unspecified atom stereocenters. The van der Waals surface area contributed by atoms with Gasteiger partial charge in [-0.05, 0) is 36.4 Å². The van der Waals surface area contributed by atoms with E-state index in [-0.39, 0.29) is 10.7 Å². The quantitative estimate of drug-likeness (QED) is 0.417. The van der Waals surface area contributed by atoms with E-state index in [1.54, 1.807) is 18.3 Å². The highest BCUT2D eigenvalue weighted by molar-refractivity contribution is 6.32. The topological polar surface area (TPSA) is 93.9 Å². The molecule has 1 aliphatic heterocycles. The number of anilines is 2. The summed E-state index contributed by atoms with van der Waals surface area (Å²) in [7, 11) is 0. The number of nitrogens with one attached hydrogen (secondary N) is 1. The molecule has 0 aliphatic carbocycles. The van der Waals surface area contributed by atoms with Gasteiger partial charge in [-0.3, -0.25) is 4.79 Å². The zero-order valence-corrected chi connectivity index (χ0v) is 19.3. The van der Waals surface area contributed by atoms with Crippen molar-refractivity contribution in [2.75, 3.05) is 36.5 Å². The Hall–Kier alpha value is -3.90. The number of fused-ring (bicyclic) bond motifs is 1. The summed E-state index contributed by atoms with van der Waals surface area (Å²) >= 11 is 5.99. The maximum Gasteiger partial charge on any atom is 0.573 e. The van der Waals surface area contributed by atoms with Gasteiger partial charge >= 0.3 is 6.36 Å². The van der Waals surface area contributed by atoms with Crippen molar-refractivity contribution in [2.24, 2.45) is 0 Å². The molecule has 1 N–H and O–H groups in total. The smallest absolute Gasteiger partial charge is 0.404 e. The van der Waals surface area contributed by atoms with Crippen LogP contribution in [0.2, 0.25) is 5.02 Å². The number of nitrogens with zero attached hydrogens (tertiary/aromatic N) is 5. The highest BCUT2D eigenvalue weighted by Gasteiger charge is 2.32. The van der Waals surface area contributed by atoms with Crippen LogP contribution >= 0.6 is 11.6 Å². The molecule has 0 atom stereocenters. The minimum absolute atomic E-state index is 0.0807. The second kappa shape index (κ2) is 9.63. The fourth-order valence-corrected chi connectivity index (χ4v) is 3.96. The molecule has 0 radical (unpaired) electrons. The first-order chi connectivity index (χ1) is 17.3. The van der Waals surface area contributed by atoms with Crippen molar-refractivity contribution >= 4 is 34.7 Å². The summed E-state index contributed by atoms with van der Waals surface area (Å²) in [5.41, 5.74) is 2.30. The molecule has 9 nitrogen and oxygen atoms in total. The SMILES string of the molecule is O=C(Nc1ccc(N2CCOCC2)cn1)c1cc2nccc(-c3ccc(OC(F)(F)F)c(Cl)c3)n2n1. The predicted octanol–water partition coefficient (Wildman–Crippen LogP) is 4.43. The largest absolute Gasteiger partial charge is 0.573 e. The number of carbonyl (C=O) groups excluding carboxylic acids is 1. The third kappa shape index (κ3) is 5.19. The Balaban J connectivity index is 1.36. The van der Waals surface area contributed by atoms with Crippen LogP contribution in [0.4, 0.5) is 24.7 Å². The first-order valence-corrected chi connectivity index (χ1v) is 11.2. The van der Waals surface area contributed by atoms with Gasteiger partial charge in [0.2, 0.25) is 0 Å². The van der Waals surface area contributed by atoms with E-state index >= 15 is 0 Å². The number of morpholine rings is 1. The lowest BCUT2D eigenvalue weighted by Gasteiger charge is -2.28. The Kier molecular flexibility index (Phi) is 6.37. The van der Waals surface area contributed by atoms with E-state index in [4.69, 9.17) is 16.3 Å². The number of aromatic nitrogens is 4. The molecule has 5 rings (SSSR count). The number of alkyl halides is 3. The summed E-state index contributed by atoms with van der Waals surface area (Å²) in [6, 6.07) is 10.5. The monoisotopic (exact) mass is 518 g/mol. The first-order valence-electron chi connectivity index (χ1n) is 10.8. The van der Waals surface area contributed by atoms with Gasteiger partial charge in [0.25, 0.3) is 5.91 Å². The summed E-state index contributed by atoms with van der Waals surface area (Å²) in [6.07, 6.45) is -1.69. The van der Waals surface area contributed by atoms with Gasteiger partial charge in [-0.1, -0.05) is 11.6 Å². The molecule has 0 saturated carbocycles. The molecule has 4 aromatic rings. The second-order valence-corrected chi connectivity index (χ2v) is 8.19. The van der Waals surface area contributed by atoms with E-state index in [0.717, 1.165) is 24.8 Å². The van der Waals surface area contributed by atoms with Gasteiger partial charge < -0.3 is 19.7 Å². The van der Waals surface area contributed by atoms with Gasteiger partial charge in [-0.25, -0.2) is 14.5 Å². The van der Waals surface area contributed by atoms with Gasteiger partial charge in [0.05, 0.1) is 35.8 Å². The number of carbonyl (C=O) groups is 1. The van der Waals surface area contributed by atoms with E-state index in [1.807, 2.05) is 6.07 Å². The molecule has 0 bridgehead atoms. The molecule has 1 saturated heterocycles. The molecule has 4 heterocycles. The van der Waals surface area contributed by atoms with Gasteiger partial charge in [0.15, 0.2) is 11.3 Å². The van der Waals surface area contributed by atoms with Crippen LogP contribution in [0.5, 0.6) is 5.75 Å². The third-order valence-electron chi connectivity index (χ3n) is 5.41. The van der Waals surface area contributed by atoms with E-state index < -0.39 is 18.0 Å². The molecule has 1 aliphatic rings. The Morgan fingerprint density at radius 2 is 1.89 bits per heavy atom. The standard InChI is InChI=1S/C23H18ClF3N6O3/c24-16-11-14(1-3-19(16)36-23(25,26)27)18-5-6-28-21-12-17(31-33(18)21)22(34)30-20-4-2-15(13-29-20)32-7-9-35-10-8-32/h1-6,11-13H,7-10H2,(H,29,30,34). The molecule has 36 heavy (non-hydrogen) atoms. The van der Waals surface area contributed by atoms with E-state index in [1.165, 1.54) is 28.9 Å². The maximum atomic E-state index is 12.8. The van der Waals surface area contributed by atoms with Crippen LogP contribution in [0.1, 0.15) is 10.5 Å². The minimum Gasteiger partial charge on any atom is -0.404 e. The molecule has 186 valence electrons. The van der Waals surface area contributed by atoms with Crippen molar-refractivity contribution in [3.8, 4) is 17.0 Å². The number of hydrogen-bond acceptors (Lipinski definition) is 7. The number of benzene rings is 1. The van der Waals surface area contributed by atoms with Gasteiger partial charge in [0, 0.05) is 30.9 Å². The molecule has 13 heteroatoms.